The first kappa shape index (κ1) is 16.0. The second-order valence-electron chi connectivity index (χ2n) is 6.22. The van der Waals surface area contributed by atoms with E-state index < -0.39 is 5.91 Å². The number of fused-ring (bicyclic) bond motifs is 1. The van der Waals surface area contributed by atoms with Gasteiger partial charge >= 0.3 is 0 Å². The normalized spacial score (nSPS) is 12.5. The number of nitrogens with one attached hydrogen (secondary N) is 3. The highest BCUT2D eigenvalue weighted by Gasteiger charge is 2.23. The molecule has 24 heavy (non-hydrogen) atoms. The summed E-state index contributed by atoms with van der Waals surface area (Å²) in [5.41, 5.74) is 2.19. The Morgan fingerprint density at radius 2 is 1.88 bits per heavy atom. The van der Waals surface area contributed by atoms with E-state index in [4.69, 9.17) is 0 Å². The molecule has 0 aliphatic carbocycles. The number of aryl methyl sites for hydroxylation is 1. The topological polar surface area (TPSA) is 90.6 Å². The van der Waals surface area contributed by atoms with Gasteiger partial charge in [0.25, 0.3) is 11.5 Å². The van der Waals surface area contributed by atoms with E-state index in [1.54, 1.807) is 19.1 Å². The maximum Gasteiger partial charge on any atom is 0.260 e. The lowest BCUT2D eigenvalue weighted by Crippen LogP contribution is -2.35. The van der Waals surface area contributed by atoms with Crippen LogP contribution >= 0.6 is 0 Å². The number of nitrogens with zero attached hydrogens (tertiary/aromatic N) is 1. The predicted molar refractivity (Wildman–Crippen MR) is 92.9 cm³/mol. The number of para-hydroxylation sites is 2. The van der Waals surface area contributed by atoms with E-state index >= 15 is 0 Å². The Morgan fingerprint density at radius 3 is 2.54 bits per heavy atom. The van der Waals surface area contributed by atoms with Crippen molar-refractivity contribution in [2.24, 2.45) is 5.92 Å². The number of imidazole rings is 1. The molecule has 3 rings (SSSR count). The van der Waals surface area contributed by atoms with Gasteiger partial charge in [-0.05, 0) is 37.1 Å². The molecule has 2 heterocycles. The zero-order valence-electron chi connectivity index (χ0n) is 13.9. The smallest absolute Gasteiger partial charge is 0.260 e. The summed E-state index contributed by atoms with van der Waals surface area (Å²) in [5, 5.41) is 2.92. The summed E-state index contributed by atoms with van der Waals surface area (Å²) in [6, 6.07) is 10.6. The minimum Gasteiger partial charge on any atom is -0.342 e. The molecule has 124 valence electrons. The van der Waals surface area contributed by atoms with Gasteiger partial charge in [0.05, 0.1) is 17.1 Å². The number of amides is 1. The number of hydrogen-bond acceptors (Lipinski definition) is 3. The third-order valence-electron chi connectivity index (χ3n) is 3.96. The van der Waals surface area contributed by atoms with Crippen molar-refractivity contribution in [3.05, 3.63) is 63.8 Å². The van der Waals surface area contributed by atoms with E-state index in [1.807, 2.05) is 38.1 Å². The van der Waals surface area contributed by atoms with Gasteiger partial charge in [-0.25, -0.2) is 4.98 Å². The summed E-state index contributed by atoms with van der Waals surface area (Å²) >= 11 is 0. The van der Waals surface area contributed by atoms with Crippen LogP contribution in [-0.4, -0.2) is 20.9 Å². The maximum absolute atomic E-state index is 12.5. The SMILES string of the molecule is Cc1ccc(C(=O)N[C@H](c2nc3ccccc3[nH]2)C(C)C)c(=O)[nH]1. The molecule has 0 unspecified atom stereocenters. The summed E-state index contributed by atoms with van der Waals surface area (Å²) in [4.78, 5) is 34.9. The average Bonchev–Trinajstić information content (AvgIpc) is 2.95. The summed E-state index contributed by atoms with van der Waals surface area (Å²) in [7, 11) is 0. The molecule has 0 radical (unpaired) electrons. The van der Waals surface area contributed by atoms with Gasteiger partial charge in [-0.1, -0.05) is 26.0 Å². The van der Waals surface area contributed by atoms with Crippen molar-refractivity contribution in [1.29, 1.82) is 0 Å². The first-order chi connectivity index (χ1) is 11.5. The van der Waals surface area contributed by atoms with E-state index in [0.29, 0.717) is 11.5 Å². The lowest BCUT2D eigenvalue weighted by Gasteiger charge is -2.20. The molecule has 1 atom stereocenters. The number of pyridine rings is 1. The number of rotatable bonds is 4. The Morgan fingerprint density at radius 1 is 1.12 bits per heavy atom. The van der Waals surface area contributed by atoms with E-state index in [2.05, 4.69) is 20.3 Å². The van der Waals surface area contributed by atoms with Crippen LogP contribution in [0.2, 0.25) is 0 Å². The van der Waals surface area contributed by atoms with Crippen LogP contribution in [0.1, 0.15) is 41.8 Å². The number of hydrogen-bond donors (Lipinski definition) is 3. The van der Waals surface area contributed by atoms with Gasteiger partial charge in [0, 0.05) is 5.69 Å². The lowest BCUT2D eigenvalue weighted by atomic mass is 10.0. The maximum atomic E-state index is 12.5. The highest BCUT2D eigenvalue weighted by atomic mass is 16.2. The number of aromatic amines is 2. The van der Waals surface area contributed by atoms with Gasteiger partial charge in [0.15, 0.2) is 0 Å². The summed E-state index contributed by atoms with van der Waals surface area (Å²) < 4.78 is 0. The quantitative estimate of drug-likeness (QED) is 0.689. The monoisotopic (exact) mass is 324 g/mol. The highest BCUT2D eigenvalue weighted by Crippen LogP contribution is 2.22. The van der Waals surface area contributed by atoms with Gasteiger partial charge in [-0.15, -0.1) is 0 Å². The second kappa shape index (κ2) is 6.31. The Balaban J connectivity index is 1.91. The van der Waals surface area contributed by atoms with Crippen LogP contribution in [0, 0.1) is 12.8 Å². The van der Waals surface area contributed by atoms with Crippen LogP contribution in [0.3, 0.4) is 0 Å². The number of H-pyrrole nitrogens is 2. The van der Waals surface area contributed by atoms with Crippen LogP contribution in [-0.2, 0) is 0 Å². The molecule has 0 aliphatic heterocycles. The van der Waals surface area contributed by atoms with Crippen molar-refractivity contribution in [3.8, 4) is 0 Å². The van der Waals surface area contributed by atoms with Crippen LogP contribution in [0.25, 0.3) is 11.0 Å². The van der Waals surface area contributed by atoms with Crippen molar-refractivity contribution in [2.45, 2.75) is 26.8 Å². The lowest BCUT2D eigenvalue weighted by molar-refractivity contribution is 0.0922. The van der Waals surface area contributed by atoms with Crippen LogP contribution < -0.4 is 10.9 Å². The average molecular weight is 324 g/mol. The Labute approximate surface area is 139 Å². The predicted octanol–water partition coefficient (Wildman–Crippen LogP) is 2.69. The Kier molecular flexibility index (Phi) is 4.20. The number of carbonyl (C=O) groups is 1. The van der Waals surface area contributed by atoms with E-state index in [9.17, 15) is 9.59 Å². The van der Waals surface area contributed by atoms with E-state index in [-0.39, 0.29) is 23.1 Å². The van der Waals surface area contributed by atoms with E-state index in [0.717, 1.165) is 11.0 Å². The van der Waals surface area contributed by atoms with Crippen molar-refractivity contribution in [1.82, 2.24) is 20.3 Å². The van der Waals surface area contributed by atoms with Crippen molar-refractivity contribution in [2.75, 3.05) is 0 Å². The third kappa shape index (κ3) is 3.08. The molecule has 6 heteroatoms. The Hall–Kier alpha value is -2.89. The van der Waals surface area contributed by atoms with Crippen LogP contribution in [0.4, 0.5) is 0 Å². The van der Waals surface area contributed by atoms with E-state index in [1.165, 1.54) is 0 Å². The largest absolute Gasteiger partial charge is 0.342 e. The first-order valence-corrected chi connectivity index (χ1v) is 7.91. The van der Waals surface area contributed by atoms with Crippen molar-refractivity contribution >= 4 is 16.9 Å². The molecule has 3 N–H and O–H groups in total. The molecular formula is C18H20N4O2. The first-order valence-electron chi connectivity index (χ1n) is 7.91. The fourth-order valence-corrected chi connectivity index (χ4v) is 2.64. The minimum absolute atomic E-state index is 0.0994. The third-order valence-corrected chi connectivity index (χ3v) is 3.96. The molecule has 0 saturated heterocycles. The minimum atomic E-state index is -0.407. The van der Waals surface area contributed by atoms with Gasteiger partial charge in [0.2, 0.25) is 0 Å². The molecular weight excluding hydrogens is 304 g/mol. The standard InChI is InChI=1S/C18H20N4O2/c1-10(2)15(16-20-13-6-4-5-7-14(13)21-16)22-18(24)12-9-8-11(3)19-17(12)23/h4-10,15H,1-3H3,(H,19,23)(H,20,21)(H,22,24)/t15-/m0/s1. The molecule has 0 aliphatic rings. The van der Waals surface area contributed by atoms with Gasteiger partial charge in [-0.3, -0.25) is 9.59 Å². The zero-order valence-corrected chi connectivity index (χ0v) is 13.9. The fraction of sp³-hybridized carbons (Fsp3) is 0.278. The molecule has 1 aromatic carbocycles. The van der Waals surface area contributed by atoms with Gasteiger partial charge in [0.1, 0.15) is 11.4 Å². The number of benzene rings is 1. The summed E-state index contributed by atoms with van der Waals surface area (Å²) in [6.07, 6.45) is 0. The summed E-state index contributed by atoms with van der Waals surface area (Å²) in [5.74, 6) is 0.387. The van der Waals surface area contributed by atoms with Gasteiger partial charge < -0.3 is 15.3 Å². The van der Waals surface area contributed by atoms with Crippen molar-refractivity contribution < 1.29 is 4.79 Å². The fourth-order valence-electron chi connectivity index (χ4n) is 2.64. The molecule has 0 saturated carbocycles. The highest BCUT2D eigenvalue weighted by molar-refractivity contribution is 5.94. The molecule has 0 bridgehead atoms. The molecule has 6 nitrogen and oxygen atoms in total. The molecule has 1 amide bonds. The Bertz CT molecular complexity index is 906. The van der Waals surface area contributed by atoms with Gasteiger partial charge in [-0.2, -0.15) is 0 Å². The molecule has 2 aromatic heterocycles. The summed E-state index contributed by atoms with van der Waals surface area (Å²) in [6.45, 7) is 5.77. The van der Waals surface area contributed by atoms with Crippen molar-refractivity contribution in [3.63, 3.8) is 0 Å². The molecule has 0 spiro atoms. The number of carbonyl (C=O) groups excluding carboxylic acids is 1. The van der Waals surface area contributed by atoms with Crippen LogP contribution in [0.15, 0.2) is 41.2 Å². The molecule has 3 aromatic rings. The zero-order chi connectivity index (χ0) is 17.3. The second-order valence-corrected chi connectivity index (χ2v) is 6.22. The number of aromatic nitrogens is 3. The molecule has 0 fully saturated rings. The van der Waals surface area contributed by atoms with Crippen LogP contribution in [0.5, 0.6) is 0 Å².